The van der Waals surface area contributed by atoms with E-state index >= 15 is 0 Å². The topological polar surface area (TPSA) is 21.3 Å². The van der Waals surface area contributed by atoms with Crippen molar-refractivity contribution in [1.29, 1.82) is 0 Å². The maximum Gasteiger partial charge on any atom is 0.0775 e. The van der Waals surface area contributed by atoms with Crippen LogP contribution in [-0.4, -0.2) is 25.3 Å². The highest BCUT2D eigenvalue weighted by Crippen LogP contribution is 2.15. The molecule has 0 saturated heterocycles. The molecule has 0 aliphatic rings. The van der Waals surface area contributed by atoms with Crippen molar-refractivity contribution in [2.45, 2.75) is 52.1 Å². The maximum atomic E-state index is 6.08. The van der Waals surface area contributed by atoms with Gasteiger partial charge in [-0.05, 0) is 44.7 Å². The molecule has 1 aromatic rings. The van der Waals surface area contributed by atoms with Gasteiger partial charge in [-0.2, -0.15) is 0 Å². The molecule has 0 aromatic heterocycles. The van der Waals surface area contributed by atoms with Crippen molar-refractivity contribution in [2.75, 3.05) is 19.7 Å². The van der Waals surface area contributed by atoms with E-state index in [0.29, 0.717) is 0 Å². The third-order valence-electron chi connectivity index (χ3n) is 3.58. The number of hydrogen-bond donors (Lipinski definition) is 1. The molecular formula is C17H29NO. The minimum Gasteiger partial charge on any atom is -0.374 e. The summed E-state index contributed by atoms with van der Waals surface area (Å²) in [6.07, 6.45) is 4.42. The van der Waals surface area contributed by atoms with Crippen molar-refractivity contribution in [2.24, 2.45) is 0 Å². The first-order chi connectivity index (χ1) is 9.20. The van der Waals surface area contributed by atoms with Crippen LogP contribution in [0.4, 0.5) is 0 Å². The molecule has 0 radical (unpaired) electrons. The lowest BCUT2D eigenvalue weighted by Gasteiger charge is -2.29. The molecular weight excluding hydrogens is 234 g/mol. The fraction of sp³-hybridized carbons (Fsp3) is 0.647. The van der Waals surface area contributed by atoms with Crippen LogP contribution in [0.3, 0.4) is 0 Å². The SMILES string of the molecule is CCCNCC(C)(CC)OCCCc1ccccc1. The van der Waals surface area contributed by atoms with Crippen molar-refractivity contribution in [1.82, 2.24) is 5.32 Å². The Bertz CT molecular complexity index is 325. The van der Waals surface area contributed by atoms with E-state index in [1.807, 2.05) is 0 Å². The summed E-state index contributed by atoms with van der Waals surface area (Å²) in [5.41, 5.74) is 1.37. The molecule has 0 saturated carbocycles. The highest BCUT2D eigenvalue weighted by atomic mass is 16.5. The number of hydrogen-bond acceptors (Lipinski definition) is 2. The molecule has 1 atom stereocenters. The summed E-state index contributed by atoms with van der Waals surface area (Å²) in [4.78, 5) is 0. The first-order valence-corrected chi connectivity index (χ1v) is 7.59. The quantitative estimate of drug-likeness (QED) is 0.648. The van der Waals surface area contributed by atoms with Crippen LogP contribution in [0.25, 0.3) is 0 Å². The van der Waals surface area contributed by atoms with Gasteiger partial charge >= 0.3 is 0 Å². The second-order valence-corrected chi connectivity index (χ2v) is 5.42. The summed E-state index contributed by atoms with van der Waals surface area (Å²) >= 11 is 0. The molecule has 0 aliphatic carbocycles. The Morgan fingerprint density at radius 1 is 1.16 bits per heavy atom. The molecule has 0 heterocycles. The molecule has 0 spiro atoms. The van der Waals surface area contributed by atoms with Gasteiger partial charge in [0.15, 0.2) is 0 Å². The number of benzene rings is 1. The van der Waals surface area contributed by atoms with Gasteiger partial charge in [0.1, 0.15) is 0 Å². The molecule has 0 fully saturated rings. The average molecular weight is 263 g/mol. The molecule has 0 amide bonds. The van der Waals surface area contributed by atoms with Crippen LogP contribution in [0.1, 0.15) is 45.6 Å². The number of nitrogens with one attached hydrogen (secondary N) is 1. The van der Waals surface area contributed by atoms with Crippen molar-refractivity contribution in [3.63, 3.8) is 0 Å². The van der Waals surface area contributed by atoms with Gasteiger partial charge in [-0.15, -0.1) is 0 Å². The Hall–Kier alpha value is -0.860. The Morgan fingerprint density at radius 3 is 2.53 bits per heavy atom. The van der Waals surface area contributed by atoms with E-state index in [2.05, 4.69) is 56.4 Å². The predicted molar refractivity (Wildman–Crippen MR) is 82.6 cm³/mol. The third-order valence-corrected chi connectivity index (χ3v) is 3.58. The Balaban J connectivity index is 2.21. The summed E-state index contributed by atoms with van der Waals surface area (Å²) in [6, 6.07) is 10.6. The fourth-order valence-electron chi connectivity index (χ4n) is 2.05. The van der Waals surface area contributed by atoms with Gasteiger partial charge in [-0.3, -0.25) is 0 Å². The zero-order valence-corrected chi connectivity index (χ0v) is 12.7. The lowest BCUT2D eigenvalue weighted by Crippen LogP contribution is -2.40. The maximum absolute atomic E-state index is 6.08. The zero-order chi connectivity index (χ0) is 14.0. The van der Waals surface area contributed by atoms with E-state index in [4.69, 9.17) is 4.74 Å². The highest BCUT2D eigenvalue weighted by Gasteiger charge is 2.21. The van der Waals surface area contributed by atoms with E-state index in [0.717, 1.165) is 39.0 Å². The normalized spacial score (nSPS) is 14.3. The van der Waals surface area contributed by atoms with E-state index in [1.165, 1.54) is 12.0 Å². The number of aryl methyl sites for hydroxylation is 1. The van der Waals surface area contributed by atoms with E-state index in [-0.39, 0.29) is 5.60 Å². The first kappa shape index (κ1) is 16.2. The van der Waals surface area contributed by atoms with Crippen molar-refractivity contribution in [3.05, 3.63) is 35.9 Å². The standard InChI is InChI=1S/C17H29NO/c1-4-13-18-15-17(3,5-2)19-14-9-12-16-10-7-6-8-11-16/h6-8,10-11,18H,4-5,9,12-15H2,1-3H3. The van der Waals surface area contributed by atoms with Gasteiger partial charge < -0.3 is 10.1 Å². The van der Waals surface area contributed by atoms with E-state index in [1.54, 1.807) is 0 Å². The largest absolute Gasteiger partial charge is 0.374 e. The molecule has 108 valence electrons. The molecule has 1 N–H and O–H groups in total. The Labute approximate surface area is 118 Å². The molecule has 1 rings (SSSR count). The van der Waals surface area contributed by atoms with Gasteiger partial charge in [0.25, 0.3) is 0 Å². The van der Waals surface area contributed by atoms with E-state index in [9.17, 15) is 0 Å². The molecule has 0 bridgehead atoms. The summed E-state index contributed by atoms with van der Waals surface area (Å²) < 4.78 is 6.08. The van der Waals surface area contributed by atoms with Gasteiger partial charge in [0.05, 0.1) is 5.60 Å². The van der Waals surface area contributed by atoms with Crippen LogP contribution in [0.5, 0.6) is 0 Å². The number of rotatable bonds is 10. The van der Waals surface area contributed by atoms with Gasteiger partial charge in [0.2, 0.25) is 0 Å². The smallest absolute Gasteiger partial charge is 0.0775 e. The van der Waals surface area contributed by atoms with Crippen LogP contribution in [0, 0.1) is 0 Å². The van der Waals surface area contributed by atoms with Crippen molar-refractivity contribution >= 4 is 0 Å². The minimum atomic E-state index is -0.0220. The third kappa shape index (κ3) is 6.74. The monoisotopic (exact) mass is 263 g/mol. The second kappa shape index (κ2) is 9.11. The summed E-state index contributed by atoms with van der Waals surface area (Å²) in [5.74, 6) is 0. The van der Waals surface area contributed by atoms with Crippen LogP contribution >= 0.6 is 0 Å². The summed E-state index contributed by atoms with van der Waals surface area (Å²) in [5, 5.41) is 3.46. The van der Waals surface area contributed by atoms with Gasteiger partial charge in [0, 0.05) is 13.2 Å². The zero-order valence-electron chi connectivity index (χ0n) is 12.7. The highest BCUT2D eigenvalue weighted by molar-refractivity contribution is 5.14. The molecule has 1 unspecified atom stereocenters. The van der Waals surface area contributed by atoms with Crippen LogP contribution in [0.2, 0.25) is 0 Å². The first-order valence-electron chi connectivity index (χ1n) is 7.59. The summed E-state index contributed by atoms with van der Waals surface area (Å²) in [6.45, 7) is 9.46. The van der Waals surface area contributed by atoms with Gasteiger partial charge in [-0.25, -0.2) is 0 Å². The van der Waals surface area contributed by atoms with Crippen LogP contribution in [0.15, 0.2) is 30.3 Å². The molecule has 1 aromatic carbocycles. The lowest BCUT2D eigenvalue weighted by atomic mass is 10.0. The average Bonchev–Trinajstić information content (AvgIpc) is 2.45. The molecule has 2 nitrogen and oxygen atoms in total. The number of ether oxygens (including phenoxy) is 1. The van der Waals surface area contributed by atoms with Crippen LogP contribution in [-0.2, 0) is 11.2 Å². The Kier molecular flexibility index (Phi) is 7.76. The minimum absolute atomic E-state index is 0.0220. The van der Waals surface area contributed by atoms with Crippen molar-refractivity contribution < 1.29 is 4.74 Å². The van der Waals surface area contributed by atoms with Crippen LogP contribution < -0.4 is 5.32 Å². The molecule has 0 aliphatic heterocycles. The lowest BCUT2D eigenvalue weighted by molar-refractivity contribution is -0.0338. The Morgan fingerprint density at radius 2 is 1.89 bits per heavy atom. The second-order valence-electron chi connectivity index (χ2n) is 5.42. The van der Waals surface area contributed by atoms with Crippen molar-refractivity contribution in [3.8, 4) is 0 Å². The van der Waals surface area contributed by atoms with Gasteiger partial charge in [-0.1, -0.05) is 44.2 Å². The predicted octanol–water partition coefficient (Wildman–Crippen LogP) is 3.80. The van der Waals surface area contributed by atoms with E-state index < -0.39 is 0 Å². The fourth-order valence-corrected chi connectivity index (χ4v) is 2.05. The summed E-state index contributed by atoms with van der Waals surface area (Å²) in [7, 11) is 0. The molecule has 2 heteroatoms. The molecule has 19 heavy (non-hydrogen) atoms.